The second-order valence-electron chi connectivity index (χ2n) is 15.1. The van der Waals surface area contributed by atoms with Crippen LogP contribution in [0, 0.1) is 27.7 Å². The van der Waals surface area contributed by atoms with Gasteiger partial charge in [-0.1, -0.05) is 63.4 Å². The molecule has 2 N–H and O–H groups in total. The minimum Gasteiger partial charge on any atom is -0.378 e. The summed E-state index contributed by atoms with van der Waals surface area (Å²) in [5.41, 5.74) is 13.7. The van der Waals surface area contributed by atoms with Gasteiger partial charge in [0, 0.05) is 71.6 Å². The van der Waals surface area contributed by atoms with Gasteiger partial charge in [-0.2, -0.15) is 0 Å². The summed E-state index contributed by atoms with van der Waals surface area (Å²) >= 11 is 16.5. The van der Waals surface area contributed by atoms with Crippen molar-refractivity contribution in [2.24, 2.45) is 0 Å². The Morgan fingerprint density at radius 2 is 0.966 bits per heavy atom. The maximum absolute atomic E-state index is 6.51. The molecule has 0 amide bonds. The van der Waals surface area contributed by atoms with Gasteiger partial charge in [0.15, 0.2) is 0 Å². The summed E-state index contributed by atoms with van der Waals surface area (Å²) in [6.07, 6.45) is 0. The topological polar surface area (TPSA) is 87.2 Å². The van der Waals surface area contributed by atoms with Crippen molar-refractivity contribution in [3.63, 3.8) is 0 Å². The number of fused-ring (bicyclic) bond motifs is 2. The number of nitrogens with zero attached hydrogens (tertiary/aromatic N) is 5. The maximum Gasteiger partial charge on any atom is 0.0912 e. The lowest BCUT2D eigenvalue weighted by atomic mass is 10.1. The Hall–Kier alpha value is -4.36. The average Bonchev–Trinajstić information content (AvgIpc) is 3.26. The molecular formula is C46H50BrCl2N7O3. The summed E-state index contributed by atoms with van der Waals surface area (Å²) < 4.78 is 17.7. The molecule has 0 radical (unpaired) electrons. The van der Waals surface area contributed by atoms with Crippen molar-refractivity contribution in [1.82, 2.24) is 9.97 Å². The van der Waals surface area contributed by atoms with E-state index in [4.69, 9.17) is 47.4 Å². The molecule has 3 aliphatic rings. The second kappa shape index (κ2) is 18.5. The molecule has 0 atom stereocenters. The highest BCUT2D eigenvalue weighted by atomic mass is 79.9. The van der Waals surface area contributed by atoms with Gasteiger partial charge in [-0.05, 0) is 87.4 Å². The number of nitrogens with one attached hydrogen (secondary N) is 2. The number of ether oxygens (including phenoxy) is 3. The van der Waals surface area contributed by atoms with E-state index in [0.29, 0.717) is 10.0 Å². The van der Waals surface area contributed by atoms with Gasteiger partial charge in [0.1, 0.15) is 0 Å². The molecule has 0 bridgehead atoms. The molecule has 3 fully saturated rings. The lowest BCUT2D eigenvalue weighted by Gasteiger charge is -2.33. The van der Waals surface area contributed by atoms with Gasteiger partial charge >= 0.3 is 0 Å². The number of aryl methyl sites for hydroxylation is 2. The molecule has 3 saturated heterocycles. The molecule has 3 aliphatic heterocycles. The highest BCUT2D eigenvalue weighted by Crippen LogP contribution is 2.40. The van der Waals surface area contributed by atoms with E-state index in [9.17, 15) is 0 Å². The Balaban J connectivity index is 0.000000167. The molecule has 0 saturated carbocycles. The SMILES string of the molecule is Cc1nc2c(Cl)cccc2c(Nc2cc(Br)ccc2N2CCOCC2)c1C.Cc1nc2c(Cl)cccc2c(Nc2cc(N3CCOCC3)ccc2N2CCOCC2)c1C. The number of anilines is 7. The zero-order valence-corrected chi connectivity index (χ0v) is 37.1. The molecule has 5 heterocycles. The Morgan fingerprint density at radius 3 is 1.44 bits per heavy atom. The van der Waals surface area contributed by atoms with Gasteiger partial charge in [-0.3, -0.25) is 9.97 Å². The summed E-state index contributed by atoms with van der Waals surface area (Å²) in [5, 5.41) is 10.9. The number of halogens is 3. The first kappa shape index (κ1) is 41.4. The quantitative estimate of drug-likeness (QED) is 0.162. The van der Waals surface area contributed by atoms with Crippen LogP contribution in [0.15, 0.2) is 77.3 Å². The molecule has 9 rings (SSSR count). The second-order valence-corrected chi connectivity index (χ2v) is 16.8. The third-order valence-electron chi connectivity index (χ3n) is 11.4. The molecule has 308 valence electrons. The van der Waals surface area contributed by atoms with Crippen molar-refractivity contribution in [3.05, 3.63) is 110 Å². The number of hydrogen-bond acceptors (Lipinski definition) is 10. The van der Waals surface area contributed by atoms with Crippen LogP contribution in [0.2, 0.25) is 10.0 Å². The molecule has 0 unspecified atom stereocenters. The summed E-state index contributed by atoms with van der Waals surface area (Å²) in [4.78, 5) is 16.6. The van der Waals surface area contributed by atoms with Crippen LogP contribution in [-0.2, 0) is 14.2 Å². The number of benzene rings is 4. The van der Waals surface area contributed by atoms with Crippen LogP contribution >= 0.6 is 39.1 Å². The molecular weight excluding hydrogens is 849 g/mol. The van der Waals surface area contributed by atoms with Crippen LogP contribution in [0.3, 0.4) is 0 Å². The number of pyridine rings is 2. The molecule has 10 nitrogen and oxygen atoms in total. The van der Waals surface area contributed by atoms with E-state index in [1.54, 1.807) is 0 Å². The predicted molar refractivity (Wildman–Crippen MR) is 249 cm³/mol. The largest absolute Gasteiger partial charge is 0.378 e. The highest BCUT2D eigenvalue weighted by molar-refractivity contribution is 9.10. The first-order valence-corrected chi connectivity index (χ1v) is 21.8. The molecule has 4 aromatic carbocycles. The average molecular weight is 900 g/mol. The summed E-state index contributed by atoms with van der Waals surface area (Å²) in [6.45, 7) is 18.1. The van der Waals surface area contributed by atoms with E-state index >= 15 is 0 Å². The van der Waals surface area contributed by atoms with Crippen LogP contribution < -0.4 is 25.3 Å². The van der Waals surface area contributed by atoms with Gasteiger partial charge in [0.2, 0.25) is 0 Å². The third kappa shape index (κ3) is 9.06. The van der Waals surface area contributed by atoms with Crippen molar-refractivity contribution in [2.45, 2.75) is 27.7 Å². The maximum atomic E-state index is 6.51. The number of hydrogen-bond donors (Lipinski definition) is 2. The van der Waals surface area contributed by atoms with E-state index in [-0.39, 0.29) is 0 Å². The van der Waals surface area contributed by atoms with Crippen molar-refractivity contribution in [3.8, 4) is 0 Å². The molecule has 59 heavy (non-hydrogen) atoms. The first-order chi connectivity index (χ1) is 28.7. The van der Waals surface area contributed by atoms with Crippen molar-refractivity contribution in [2.75, 3.05) is 104 Å². The molecule has 0 aliphatic carbocycles. The molecule has 0 spiro atoms. The van der Waals surface area contributed by atoms with Crippen LogP contribution in [0.4, 0.5) is 39.8 Å². The summed E-state index contributed by atoms with van der Waals surface area (Å²) in [6, 6.07) is 25.0. The highest BCUT2D eigenvalue weighted by Gasteiger charge is 2.21. The lowest BCUT2D eigenvalue weighted by Crippen LogP contribution is -2.37. The van der Waals surface area contributed by atoms with Gasteiger partial charge < -0.3 is 39.5 Å². The Labute approximate surface area is 364 Å². The van der Waals surface area contributed by atoms with Crippen LogP contribution in [0.1, 0.15) is 22.5 Å². The van der Waals surface area contributed by atoms with E-state index in [0.717, 1.165) is 150 Å². The first-order valence-electron chi connectivity index (χ1n) is 20.2. The Bertz CT molecular complexity index is 2470. The van der Waals surface area contributed by atoms with Gasteiger partial charge in [-0.15, -0.1) is 0 Å². The van der Waals surface area contributed by atoms with Crippen molar-refractivity contribution >= 4 is 101 Å². The molecule has 2 aromatic heterocycles. The van der Waals surface area contributed by atoms with E-state index < -0.39 is 0 Å². The fraction of sp³-hybridized carbons (Fsp3) is 0.348. The predicted octanol–water partition coefficient (Wildman–Crippen LogP) is 10.8. The number of rotatable bonds is 7. The fourth-order valence-corrected chi connectivity index (χ4v) is 8.73. The van der Waals surface area contributed by atoms with E-state index in [1.165, 1.54) is 17.1 Å². The Kier molecular flexibility index (Phi) is 13.0. The normalized spacial score (nSPS) is 15.9. The number of morpholine rings is 3. The standard InChI is InChI=1S/C25H29ClN4O2.C21H21BrClN3O/c1-17-18(2)27-25-20(4-3-5-21(25)26)24(17)28-22-16-19(29-8-12-31-13-9-29)6-7-23(22)30-10-14-32-15-11-30;1-13-14(2)24-21-16(4-3-5-17(21)23)20(13)25-18-12-15(22)6-7-19(18)26-8-10-27-11-9-26/h3-7,16H,8-15H2,1-2H3,(H,27,28);3-7,12H,8-11H2,1-2H3,(H,24,25). The zero-order valence-electron chi connectivity index (χ0n) is 34.0. The van der Waals surface area contributed by atoms with Gasteiger partial charge in [-0.25, -0.2) is 0 Å². The van der Waals surface area contributed by atoms with Crippen molar-refractivity contribution < 1.29 is 14.2 Å². The number of para-hydroxylation sites is 2. The molecule has 6 aromatic rings. The van der Waals surface area contributed by atoms with Crippen LogP contribution in [-0.4, -0.2) is 88.9 Å². The smallest absolute Gasteiger partial charge is 0.0912 e. The zero-order chi connectivity index (χ0) is 41.0. The lowest BCUT2D eigenvalue weighted by molar-refractivity contribution is 0.122. The summed E-state index contributed by atoms with van der Waals surface area (Å²) in [5.74, 6) is 0. The van der Waals surface area contributed by atoms with E-state index in [1.807, 2.05) is 38.1 Å². The van der Waals surface area contributed by atoms with E-state index in [2.05, 4.69) is 104 Å². The fourth-order valence-electron chi connectivity index (χ4n) is 7.93. The molecule has 13 heteroatoms. The van der Waals surface area contributed by atoms with Gasteiger partial charge in [0.25, 0.3) is 0 Å². The van der Waals surface area contributed by atoms with Crippen LogP contribution in [0.5, 0.6) is 0 Å². The third-order valence-corrected chi connectivity index (χ3v) is 12.5. The number of aromatic nitrogens is 2. The van der Waals surface area contributed by atoms with Gasteiger partial charge in [0.05, 0.1) is 94.8 Å². The van der Waals surface area contributed by atoms with Crippen LogP contribution in [0.25, 0.3) is 21.8 Å². The van der Waals surface area contributed by atoms with Crippen molar-refractivity contribution in [1.29, 1.82) is 0 Å². The summed E-state index contributed by atoms with van der Waals surface area (Å²) in [7, 11) is 0. The minimum absolute atomic E-state index is 0.668. The Morgan fingerprint density at radius 1 is 0.542 bits per heavy atom. The minimum atomic E-state index is 0.668. The monoisotopic (exact) mass is 897 g/mol.